The highest BCUT2D eigenvalue weighted by molar-refractivity contribution is 9.10. The first-order valence-corrected chi connectivity index (χ1v) is 14.8. The molecule has 0 radical (unpaired) electrons. The third-order valence-electron chi connectivity index (χ3n) is 8.65. The summed E-state index contributed by atoms with van der Waals surface area (Å²) in [7, 11) is 0. The number of rotatable bonds is 2. The van der Waals surface area contributed by atoms with Crippen LogP contribution in [0.15, 0.2) is 132 Å². The van der Waals surface area contributed by atoms with Crippen molar-refractivity contribution >= 4 is 81.1 Å². The predicted octanol–water partition coefficient (Wildman–Crippen LogP) is 11.3. The largest absolute Gasteiger partial charge is 0.354 e. The van der Waals surface area contributed by atoms with Crippen LogP contribution in [0.1, 0.15) is 0 Å². The van der Waals surface area contributed by atoms with Gasteiger partial charge in [0.15, 0.2) is 0 Å². The summed E-state index contributed by atoms with van der Waals surface area (Å²) in [5.41, 5.74) is 6.82. The molecule has 1 N–H and O–H groups in total. The van der Waals surface area contributed by atoms with E-state index in [2.05, 4.69) is 123 Å². The van der Waals surface area contributed by atoms with Gasteiger partial charge in [0.05, 0.1) is 22.2 Å². The zero-order chi connectivity index (χ0) is 27.9. The van der Waals surface area contributed by atoms with Crippen LogP contribution < -0.4 is 0 Å². The first-order valence-electron chi connectivity index (χ1n) is 14.0. The van der Waals surface area contributed by atoms with Crippen molar-refractivity contribution in [3.63, 3.8) is 0 Å². The number of nitrogens with zero attached hydrogens (tertiary/aromatic N) is 1. The summed E-state index contributed by atoms with van der Waals surface area (Å²) < 4.78 is 19.2. The van der Waals surface area contributed by atoms with E-state index in [9.17, 15) is 0 Å². The van der Waals surface area contributed by atoms with Gasteiger partial charge in [0.1, 0.15) is 5.82 Å². The van der Waals surface area contributed by atoms with Crippen LogP contribution in [0.2, 0.25) is 0 Å². The van der Waals surface area contributed by atoms with Crippen molar-refractivity contribution in [2.75, 3.05) is 0 Å². The Labute approximate surface area is 248 Å². The molecule has 0 amide bonds. The highest BCUT2D eigenvalue weighted by Crippen LogP contribution is 2.47. The number of para-hydroxylation sites is 3. The van der Waals surface area contributed by atoms with E-state index in [4.69, 9.17) is 0 Å². The van der Waals surface area contributed by atoms with Gasteiger partial charge in [-0.3, -0.25) is 0 Å². The highest BCUT2D eigenvalue weighted by atomic mass is 79.9. The molecular formula is C38H22BrFN2. The Morgan fingerprint density at radius 3 is 2.00 bits per heavy atom. The van der Waals surface area contributed by atoms with Gasteiger partial charge >= 0.3 is 0 Å². The van der Waals surface area contributed by atoms with Crippen molar-refractivity contribution in [1.82, 2.24) is 9.55 Å². The fourth-order valence-corrected chi connectivity index (χ4v) is 7.56. The molecule has 2 heterocycles. The van der Waals surface area contributed by atoms with Crippen LogP contribution in [0.5, 0.6) is 0 Å². The Hall–Kier alpha value is -4.93. The van der Waals surface area contributed by atoms with Gasteiger partial charge < -0.3 is 9.55 Å². The molecule has 0 aliphatic rings. The number of nitrogens with one attached hydrogen (secondary N) is 1. The molecule has 42 heavy (non-hydrogen) atoms. The normalized spacial score (nSPS) is 12.0. The Morgan fingerprint density at radius 1 is 0.548 bits per heavy atom. The van der Waals surface area contributed by atoms with Gasteiger partial charge in [0, 0.05) is 48.0 Å². The second kappa shape index (κ2) is 8.78. The summed E-state index contributed by atoms with van der Waals surface area (Å²) in [6.45, 7) is 0. The Kier molecular flexibility index (Phi) is 4.97. The smallest absolute Gasteiger partial charge is 0.147 e. The monoisotopic (exact) mass is 604 g/mol. The lowest BCUT2D eigenvalue weighted by Gasteiger charge is -2.21. The van der Waals surface area contributed by atoms with Crippen molar-refractivity contribution < 1.29 is 4.39 Å². The maximum Gasteiger partial charge on any atom is 0.147 e. The Bertz CT molecular complexity index is 2550. The van der Waals surface area contributed by atoms with E-state index in [-0.39, 0.29) is 5.82 Å². The molecule has 7 aromatic carbocycles. The average Bonchev–Trinajstić information content (AvgIpc) is 3.58. The van der Waals surface area contributed by atoms with Crippen LogP contribution >= 0.6 is 15.9 Å². The fraction of sp³-hybridized carbons (Fsp3) is 0. The van der Waals surface area contributed by atoms with Gasteiger partial charge in [-0.05, 0) is 40.4 Å². The molecule has 0 saturated carbocycles. The van der Waals surface area contributed by atoms with E-state index in [0.717, 1.165) is 75.5 Å². The van der Waals surface area contributed by atoms with Crippen LogP contribution in [-0.4, -0.2) is 9.55 Å². The van der Waals surface area contributed by atoms with Gasteiger partial charge in [-0.1, -0.05) is 119 Å². The van der Waals surface area contributed by atoms with Crippen molar-refractivity contribution in [1.29, 1.82) is 0 Å². The first kappa shape index (κ1) is 23.7. The molecular weight excluding hydrogens is 583 g/mol. The van der Waals surface area contributed by atoms with Crippen LogP contribution in [0.25, 0.3) is 82.0 Å². The molecule has 4 heteroatoms. The quantitative estimate of drug-likeness (QED) is 0.189. The van der Waals surface area contributed by atoms with Crippen LogP contribution in [-0.2, 0) is 0 Å². The molecule has 0 aliphatic carbocycles. The number of benzene rings is 7. The lowest BCUT2D eigenvalue weighted by Crippen LogP contribution is -2.02. The molecule has 9 aromatic rings. The minimum Gasteiger partial charge on any atom is -0.354 e. The molecule has 2 aromatic heterocycles. The van der Waals surface area contributed by atoms with E-state index in [1.165, 1.54) is 5.39 Å². The average molecular weight is 606 g/mol. The zero-order valence-corrected chi connectivity index (χ0v) is 23.9. The number of hydrogen-bond acceptors (Lipinski definition) is 0. The second-order valence-electron chi connectivity index (χ2n) is 10.8. The maximum atomic E-state index is 16.0. The van der Waals surface area contributed by atoms with E-state index in [0.29, 0.717) is 5.52 Å². The molecule has 0 fully saturated rings. The molecule has 0 saturated heterocycles. The van der Waals surface area contributed by atoms with Gasteiger partial charge in [-0.2, -0.15) is 0 Å². The first-order chi connectivity index (χ1) is 20.7. The minimum absolute atomic E-state index is 0.236. The lowest BCUT2D eigenvalue weighted by atomic mass is 9.90. The van der Waals surface area contributed by atoms with Gasteiger partial charge in [0.25, 0.3) is 0 Å². The number of halogens is 2. The van der Waals surface area contributed by atoms with Crippen LogP contribution in [0.4, 0.5) is 4.39 Å². The summed E-state index contributed by atoms with van der Waals surface area (Å²) in [5.74, 6) is -0.236. The molecule has 0 aliphatic heterocycles. The summed E-state index contributed by atoms with van der Waals surface area (Å²) >= 11 is 3.79. The molecule has 2 nitrogen and oxygen atoms in total. The molecule has 0 atom stereocenters. The second-order valence-corrected chi connectivity index (χ2v) is 11.7. The van der Waals surface area contributed by atoms with Crippen molar-refractivity contribution in [3.8, 4) is 16.8 Å². The predicted molar refractivity (Wildman–Crippen MR) is 178 cm³/mol. The fourth-order valence-electron chi connectivity index (χ4n) is 6.98. The number of aromatic nitrogens is 2. The summed E-state index contributed by atoms with van der Waals surface area (Å²) in [5, 5.41) is 8.74. The van der Waals surface area contributed by atoms with Crippen molar-refractivity contribution in [2.24, 2.45) is 0 Å². The number of hydrogen-bond donors (Lipinski definition) is 1. The van der Waals surface area contributed by atoms with E-state index < -0.39 is 0 Å². The molecule has 0 unspecified atom stereocenters. The van der Waals surface area contributed by atoms with Gasteiger partial charge in [0.2, 0.25) is 0 Å². The summed E-state index contributed by atoms with van der Waals surface area (Å²) in [6.07, 6.45) is 0. The van der Waals surface area contributed by atoms with E-state index >= 15 is 4.39 Å². The Balaban J connectivity index is 1.58. The molecule has 0 bridgehead atoms. The van der Waals surface area contributed by atoms with Crippen LogP contribution in [0, 0.1) is 5.82 Å². The van der Waals surface area contributed by atoms with Gasteiger partial charge in [-0.15, -0.1) is 0 Å². The highest BCUT2D eigenvalue weighted by Gasteiger charge is 2.24. The molecule has 198 valence electrons. The summed E-state index contributed by atoms with van der Waals surface area (Å²) in [6, 6.07) is 43.5. The third kappa shape index (κ3) is 3.13. The van der Waals surface area contributed by atoms with E-state index in [1.807, 2.05) is 18.2 Å². The number of H-pyrrole nitrogens is 1. The molecule has 9 rings (SSSR count). The number of aromatic amines is 1. The maximum absolute atomic E-state index is 16.0. The standard InChI is InChI=1S/C38H22BrFN2/c39-30-18-9-20-32-35(30)29-17-7-16-28(36(29)41-32)34-25-13-3-1-10-22(25)23-11-2-4-14-26(23)38(34)42-33-21-6-5-12-24(33)27-15-8-19-31(40)37(27)42/h1-21,41H. The molecule has 0 spiro atoms. The number of fused-ring (bicyclic) bond motifs is 9. The van der Waals surface area contributed by atoms with Crippen molar-refractivity contribution in [2.45, 2.75) is 0 Å². The minimum atomic E-state index is -0.236. The van der Waals surface area contributed by atoms with Crippen LogP contribution in [0.3, 0.4) is 0 Å². The van der Waals surface area contributed by atoms with Crippen molar-refractivity contribution in [3.05, 3.63) is 138 Å². The summed E-state index contributed by atoms with van der Waals surface area (Å²) in [4.78, 5) is 3.74. The SMILES string of the molecule is Fc1cccc2c3ccccc3n(-c3c(-c4cccc5c4[nH]c4cccc(Br)c45)c4ccccc4c4ccccc34)c12. The Morgan fingerprint density at radius 2 is 1.17 bits per heavy atom. The van der Waals surface area contributed by atoms with E-state index in [1.54, 1.807) is 12.1 Å². The lowest BCUT2D eigenvalue weighted by molar-refractivity contribution is 0.635. The van der Waals surface area contributed by atoms with Gasteiger partial charge in [-0.25, -0.2) is 4.39 Å². The topological polar surface area (TPSA) is 20.7 Å². The third-order valence-corrected chi connectivity index (χ3v) is 9.31. The zero-order valence-electron chi connectivity index (χ0n) is 22.3.